The monoisotopic (exact) mass is 257 g/mol. The Morgan fingerprint density at radius 2 is 2.17 bits per heavy atom. The van der Waals surface area contributed by atoms with E-state index in [1.165, 1.54) is 0 Å². The van der Waals surface area contributed by atoms with E-state index in [0.717, 1.165) is 12.8 Å². The highest BCUT2D eigenvalue weighted by Crippen LogP contribution is 2.21. The predicted octanol–water partition coefficient (Wildman–Crippen LogP) is -0.665. The number of ether oxygens (including phenoxy) is 1. The van der Waals surface area contributed by atoms with Crippen molar-refractivity contribution in [1.82, 2.24) is 10.2 Å². The normalized spacial score (nSPS) is 24.0. The standard InChI is InChI=1S/C12H23N3O3/c1-9-3-4-10(12(13)17)8-15(9)11(16)7-14-5-6-18-2/h9-10,14H,3-8H2,1-2H3,(H2,13,17)/t9-,10-/m1/s1. The first-order valence-corrected chi connectivity index (χ1v) is 6.34. The molecule has 6 heteroatoms. The number of primary amides is 1. The summed E-state index contributed by atoms with van der Waals surface area (Å²) >= 11 is 0. The lowest BCUT2D eigenvalue weighted by atomic mass is 9.93. The molecule has 0 radical (unpaired) electrons. The predicted molar refractivity (Wildman–Crippen MR) is 67.8 cm³/mol. The molecule has 0 aromatic carbocycles. The second-order valence-corrected chi connectivity index (χ2v) is 4.74. The number of nitrogens with two attached hydrogens (primary N) is 1. The molecule has 2 atom stereocenters. The van der Waals surface area contributed by atoms with E-state index in [2.05, 4.69) is 5.32 Å². The smallest absolute Gasteiger partial charge is 0.236 e. The minimum atomic E-state index is -0.313. The maximum Gasteiger partial charge on any atom is 0.236 e. The van der Waals surface area contributed by atoms with Crippen LogP contribution in [0.1, 0.15) is 19.8 Å². The lowest BCUT2D eigenvalue weighted by Gasteiger charge is -2.37. The third-order valence-corrected chi connectivity index (χ3v) is 3.36. The van der Waals surface area contributed by atoms with Crippen molar-refractivity contribution in [3.63, 3.8) is 0 Å². The van der Waals surface area contributed by atoms with Gasteiger partial charge in [-0.15, -0.1) is 0 Å². The Morgan fingerprint density at radius 1 is 1.44 bits per heavy atom. The average Bonchev–Trinajstić information content (AvgIpc) is 2.34. The third-order valence-electron chi connectivity index (χ3n) is 3.36. The fraction of sp³-hybridized carbons (Fsp3) is 0.833. The largest absolute Gasteiger partial charge is 0.383 e. The van der Waals surface area contributed by atoms with Crippen LogP contribution in [-0.4, -0.2) is 56.1 Å². The lowest BCUT2D eigenvalue weighted by Crippen LogP contribution is -2.51. The molecule has 104 valence electrons. The number of methoxy groups -OCH3 is 1. The van der Waals surface area contributed by atoms with Crippen LogP contribution in [0.5, 0.6) is 0 Å². The third kappa shape index (κ3) is 4.27. The number of hydrogen-bond acceptors (Lipinski definition) is 4. The number of likely N-dealkylation sites (tertiary alicyclic amines) is 1. The van der Waals surface area contributed by atoms with Crippen LogP contribution in [-0.2, 0) is 14.3 Å². The number of hydrogen-bond donors (Lipinski definition) is 2. The Kier molecular flexibility index (Phi) is 6.07. The minimum Gasteiger partial charge on any atom is -0.383 e. The minimum absolute atomic E-state index is 0.0181. The van der Waals surface area contributed by atoms with E-state index in [4.69, 9.17) is 10.5 Å². The number of nitrogens with one attached hydrogen (secondary N) is 1. The second kappa shape index (κ2) is 7.33. The number of amides is 2. The van der Waals surface area contributed by atoms with Crippen molar-refractivity contribution in [1.29, 1.82) is 0 Å². The van der Waals surface area contributed by atoms with Crippen LogP contribution >= 0.6 is 0 Å². The van der Waals surface area contributed by atoms with Gasteiger partial charge in [-0.05, 0) is 19.8 Å². The zero-order chi connectivity index (χ0) is 13.5. The van der Waals surface area contributed by atoms with Crippen molar-refractivity contribution >= 4 is 11.8 Å². The summed E-state index contributed by atoms with van der Waals surface area (Å²) in [5.41, 5.74) is 5.31. The Labute approximate surface area is 108 Å². The zero-order valence-electron chi connectivity index (χ0n) is 11.1. The topological polar surface area (TPSA) is 84.7 Å². The summed E-state index contributed by atoms with van der Waals surface area (Å²) in [6.07, 6.45) is 1.61. The molecule has 0 spiro atoms. The van der Waals surface area contributed by atoms with Crippen LogP contribution in [0.25, 0.3) is 0 Å². The van der Waals surface area contributed by atoms with Gasteiger partial charge in [-0.3, -0.25) is 9.59 Å². The summed E-state index contributed by atoms with van der Waals surface area (Å²) < 4.78 is 4.89. The molecule has 0 saturated carbocycles. The molecule has 18 heavy (non-hydrogen) atoms. The fourth-order valence-electron chi connectivity index (χ4n) is 2.16. The van der Waals surface area contributed by atoms with E-state index in [9.17, 15) is 9.59 Å². The molecular weight excluding hydrogens is 234 g/mol. The summed E-state index contributed by atoms with van der Waals surface area (Å²) in [5, 5.41) is 3.02. The lowest BCUT2D eigenvalue weighted by molar-refractivity contribution is -0.136. The van der Waals surface area contributed by atoms with E-state index in [0.29, 0.717) is 19.7 Å². The maximum absolute atomic E-state index is 12.0. The van der Waals surface area contributed by atoms with E-state index in [1.807, 2.05) is 6.92 Å². The summed E-state index contributed by atoms with van der Waals surface area (Å²) in [6.45, 7) is 3.95. The van der Waals surface area contributed by atoms with Crippen LogP contribution in [0.3, 0.4) is 0 Å². The van der Waals surface area contributed by atoms with Gasteiger partial charge in [0.1, 0.15) is 0 Å². The second-order valence-electron chi connectivity index (χ2n) is 4.74. The highest BCUT2D eigenvalue weighted by atomic mass is 16.5. The number of carbonyl (C=O) groups is 2. The highest BCUT2D eigenvalue weighted by Gasteiger charge is 2.31. The Hall–Kier alpha value is -1.14. The van der Waals surface area contributed by atoms with Gasteiger partial charge in [-0.2, -0.15) is 0 Å². The van der Waals surface area contributed by atoms with Crippen LogP contribution in [0.15, 0.2) is 0 Å². The van der Waals surface area contributed by atoms with Crippen LogP contribution < -0.4 is 11.1 Å². The van der Waals surface area contributed by atoms with Gasteiger partial charge in [-0.1, -0.05) is 0 Å². The van der Waals surface area contributed by atoms with Gasteiger partial charge in [0.15, 0.2) is 0 Å². The van der Waals surface area contributed by atoms with Crippen molar-refractivity contribution in [2.24, 2.45) is 11.7 Å². The first kappa shape index (κ1) is 14.9. The van der Waals surface area contributed by atoms with Crippen molar-refractivity contribution < 1.29 is 14.3 Å². The van der Waals surface area contributed by atoms with Crippen molar-refractivity contribution in [3.8, 4) is 0 Å². The van der Waals surface area contributed by atoms with Crippen LogP contribution in [0, 0.1) is 5.92 Å². The number of carbonyl (C=O) groups excluding carboxylic acids is 2. The van der Waals surface area contributed by atoms with Gasteiger partial charge in [0.2, 0.25) is 11.8 Å². The SMILES string of the molecule is COCCNCC(=O)N1C[C@H](C(N)=O)CC[C@H]1C. The number of piperidine rings is 1. The fourth-order valence-corrected chi connectivity index (χ4v) is 2.16. The molecule has 1 fully saturated rings. The molecule has 6 nitrogen and oxygen atoms in total. The van der Waals surface area contributed by atoms with Crippen molar-refractivity contribution in [3.05, 3.63) is 0 Å². The Morgan fingerprint density at radius 3 is 2.78 bits per heavy atom. The first-order valence-electron chi connectivity index (χ1n) is 6.34. The Balaban J connectivity index is 2.41. The number of nitrogens with zero attached hydrogens (tertiary/aromatic N) is 1. The van der Waals surface area contributed by atoms with Gasteiger partial charge >= 0.3 is 0 Å². The molecule has 0 unspecified atom stereocenters. The number of rotatable bonds is 6. The zero-order valence-corrected chi connectivity index (χ0v) is 11.1. The van der Waals surface area contributed by atoms with E-state index < -0.39 is 0 Å². The molecule has 0 aliphatic carbocycles. The van der Waals surface area contributed by atoms with E-state index in [1.54, 1.807) is 12.0 Å². The highest BCUT2D eigenvalue weighted by molar-refractivity contribution is 5.81. The Bertz CT molecular complexity index is 296. The average molecular weight is 257 g/mol. The molecular formula is C12H23N3O3. The van der Waals surface area contributed by atoms with E-state index in [-0.39, 0.29) is 30.3 Å². The molecule has 1 saturated heterocycles. The molecule has 1 rings (SSSR count). The van der Waals surface area contributed by atoms with Crippen LogP contribution in [0.4, 0.5) is 0 Å². The quantitative estimate of drug-likeness (QED) is 0.618. The molecule has 0 aromatic heterocycles. The molecule has 0 bridgehead atoms. The van der Waals surface area contributed by atoms with Crippen molar-refractivity contribution in [2.75, 3.05) is 33.4 Å². The molecule has 2 amide bonds. The van der Waals surface area contributed by atoms with Crippen molar-refractivity contribution in [2.45, 2.75) is 25.8 Å². The summed E-state index contributed by atoms with van der Waals surface area (Å²) in [7, 11) is 1.62. The van der Waals surface area contributed by atoms with E-state index >= 15 is 0 Å². The van der Waals surface area contributed by atoms with Gasteiger partial charge in [0, 0.05) is 26.2 Å². The van der Waals surface area contributed by atoms with Crippen LogP contribution in [0.2, 0.25) is 0 Å². The van der Waals surface area contributed by atoms with Gasteiger partial charge in [0.25, 0.3) is 0 Å². The first-order chi connectivity index (χ1) is 8.56. The summed E-state index contributed by atoms with van der Waals surface area (Å²) in [5.74, 6) is -0.499. The van der Waals surface area contributed by atoms with Gasteiger partial charge in [-0.25, -0.2) is 0 Å². The molecule has 0 aromatic rings. The summed E-state index contributed by atoms with van der Waals surface area (Å²) in [6, 6.07) is 0.178. The maximum atomic E-state index is 12.0. The van der Waals surface area contributed by atoms with Gasteiger partial charge in [0.05, 0.1) is 19.1 Å². The molecule has 1 heterocycles. The molecule has 3 N–H and O–H groups in total. The molecule has 1 aliphatic rings. The summed E-state index contributed by atoms with van der Waals surface area (Å²) in [4.78, 5) is 24.9. The van der Waals surface area contributed by atoms with Gasteiger partial charge < -0.3 is 20.7 Å². The molecule has 1 aliphatic heterocycles.